The van der Waals surface area contributed by atoms with E-state index in [4.69, 9.17) is 4.74 Å². The van der Waals surface area contributed by atoms with Crippen molar-refractivity contribution >= 4 is 21.7 Å². The standard InChI is InChI=1S/C17H15FO4S/c1-22-16-6-4-3-5-12(16)7-9-15(19)13-8-10-17(14(18)11-13)23(2,20)21/h3-11H,1-2H3/b9-7+. The third-order valence-corrected chi connectivity index (χ3v) is 4.30. The van der Waals surface area contributed by atoms with Crippen LogP contribution >= 0.6 is 0 Å². The van der Waals surface area contributed by atoms with Gasteiger partial charge >= 0.3 is 0 Å². The van der Waals surface area contributed by atoms with Crippen molar-refractivity contribution in [3.63, 3.8) is 0 Å². The molecule has 0 atom stereocenters. The Labute approximate surface area is 134 Å². The van der Waals surface area contributed by atoms with Gasteiger partial charge in [-0.15, -0.1) is 0 Å². The van der Waals surface area contributed by atoms with Gasteiger partial charge in [-0.25, -0.2) is 12.8 Å². The summed E-state index contributed by atoms with van der Waals surface area (Å²) in [6, 6.07) is 10.4. The molecule has 0 N–H and O–H groups in total. The maximum Gasteiger partial charge on any atom is 0.185 e. The number of methoxy groups -OCH3 is 1. The van der Waals surface area contributed by atoms with Gasteiger partial charge in [-0.2, -0.15) is 0 Å². The Morgan fingerprint density at radius 3 is 2.48 bits per heavy atom. The maximum absolute atomic E-state index is 13.8. The maximum atomic E-state index is 13.8. The van der Waals surface area contributed by atoms with Gasteiger partial charge in [-0.3, -0.25) is 4.79 Å². The number of para-hydroxylation sites is 1. The Morgan fingerprint density at radius 1 is 1.17 bits per heavy atom. The van der Waals surface area contributed by atoms with Gasteiger partial charge < -0.3 is 4.74 Å². The zero-order valence-electron chi connectivity index (χ0n) is 12.6. The van der Waals surface area contributed by atoms with E-state index in [0.29, 0.717) is 11.3 Å². The molecule has 0 aliphatic carbocycles. The molecular formula is C17H15FO4S. The molecule has 2 rings (SSSR count). The monoisotopic (exact) mass is 334 g/mol. The Hall–Kier alpha value is -2.47. The van der Waals surface area contributed by atoms with Crippen molar-refractivity contribution in [2.45, 2.75) is 4.90 Å². The second-order valence-corrected chi connectivity index (χ2v) is 6.84. The van der Waals surface area contributed by atoms with Crippen LogP contribution in [0.15, 0.2) is 53.4 Å². The Morgan fingerprint density at radius 2 is 1.87 bits per heavy atom. The minimum absolute atomic E-state index is 0.0704. The van der Waals surface area contributed by atoms with E-state index in [-0.39, 0.29) is 5.56 Å². The summed E-state index contributed by atoms with van der Waals surface area (Å²) < 4.78 is 41.7. The Balaban J connectivity index is 2.28. The highest BCUT2D eigenvalue weighted by Crippen LogP contribution is 2.20. The average molecular weight is 334 g/mol. The van der Waals surface area contributed by atoms with Crippen LogP contribution in [0.1, 0.15) is 15.9 Å². The molecule has 0 aliphatic heterocycles. The van der Waals surface area contributed by atoms with Crippen molar-refractivity contribution < 1.29 is 22.3 Å². The van der Waals surface area contributed by atoms with E-state index in [2.05, 4.69) is 0 Å². The van der Waals surface area contributed by atoms with E-state index >= 15 is 0 Å². The van der Waals surface area contributed by atoms with Crippen molar-refractivity contribution in [3.05, 3.63) is 65.5 Å². The number of hydrogen-bond donors (Lipinski definition) is 0. The summed E-state index contributed by atoms with van der Waals surface area (Å²) >= 11 is 0. The number of ether oxygens (including phenoxy) is 1. The molecule has 0 heterocycles. The first-order chi connectivity index (χ1) is 10.8. The van der Waals surface area contributed by atoms with E-state index < -0.39 is 26.3 Å². The van der Waals surface area contributed by atoms with Gasteiger partial charge in [0.2, 0.25) is 0 Å². The van der Waals surface area contributed by atoms with Gasteiger partial charge in [0.1, 0.15) is 16.5 Å². The summed E-state index contributed by atoms with van der Waals surface area (Å²) in [5.74, 6) is -0.769. The first-order valence-electron chi connectivity index (χ1n) is 6.68. The number of carbonyl (C=O) groups is 1. The third-order valence-electron chi connectivity index (χ3n) is 3.17. The lowest BCUT2D eigenvalue weighted by Crippen LogP contribution is -2.03. The highest BCUT2D eigenvalue weighted by molar-refractivity contribution is 7.90. The number of halogens is 1. The van der Waals surface area contributed by atoms with Crippen LogP contribution in [-0.2, 0) is 9.84 Å². The molecule has 0 spiro atoms. The first-order valence-corrected chi connectivity index (χ1v) is 8.57. The van der Waals surface area contributed by atoms with Crippen molar-refractivity contribution in [1.82, 2.24) is 0 Å². The molecule has 0 saturated carbocycles. The fourth-order valence-corrected chi connectivity index (χ4v) is 2.75. The lowest BCUT2D eigenvalue weighted by Gasteiger charge is -2.04. The van der Waals surface area contributed by atoms with Crippen LogP contribution in [0.25, 0.3) is 6.08 Å². The summed E-state index contributed by atoms with van der Waals surface area (Å²) in [7, 11) is -2.14. The fourth-order valence-electron chi connectivity index (χ4n) is 2.02. The molecule has 0 unspecified atom stereocenters. The summed E-state index contributed by atoms with van der Waals surface area (Å²) in [4.78, 5) is 11.7. The van der Waals surface area contributed by atoms with E-state index in [9.17, 15) is 17.6 Å². The number of benzene rings is 2. The van der Waals surface area contributed by atoms with Gasteiger partial charge in [-0.1, -0.05) is 18.2 Å². The molecule has 0 radical (unpaired) electrons. The van der Waals surface area contributed by atoms with Gasteiger partial charge in [0.15, 0.2) is 15.6 Å². The van der Waals surface area contributed by atoms with E-state index in [0.717, 1.165) is 18.4 Å². The number of sulfone groups is 1. The molecule has 0 aliphatic rings. The third kappa shape index (κ3) is 4.04. The number of ketones is 1. The van der Waals surface area contributed by atoms with Crippen LogP contribution in [0.5, 0.6) is 5.75 Å². The zero-order valence-corrected chi connectivity index (χ0v) is 13.4. The van der Waals surface area contributed by atoms with Crippen LogP contribution in [0, 0.1) is 5.82 Å². The lowest BCUT2D eigenvalue weighted by molar-refractivity contribution is 0.104. The zero-order chi connectivity index (χ0) is 17.0. The summed E-state index contributed by atoms with van der Waals surface area (Å²) in [6.07, 6.45) is 3.75. The van der Waals surface area contributed by atoms with Crippen molar-refractivity contribution in [2.75, 3.05) is 13.4 Å². The number of allylic oxidation sites excluding steroid dienone is 1. The molecular weight excluding hydrogens is 319 g/mol. The molecule has 0 bridgehead atoms. The quantitative estimate of drug-likeness (QED) is 0.622. The van der Waals surface area contributed by atoms with E-state index in [1.807, 2.05) is 0 Å². The van der Waals surface area contributed by atoms with Crippen LogP contribution in [0.3, 0.4) is 0 Å². The normalized spacial score (nSPS) is 11.6. The number of hydrogen-bond acceptors (Lipinski definition) is 4. The molecule has 120 valence electrons. The minimum atomic E-state index is -3.66. The summed E-state index contributed by atoms with van der Waals surface area (Å²) in [6.45, 7) is 0. The van der Waals surface area contributed by atoms with Gasteiger partial charge in [0, 0.05) is 17.4 Å². The van der Waals surface area contributed by atoms with E-state index in [1.54, 1.807) is 30.3 Å². The highest BCUT2D eigenvalue weighted by atomic mass is 32.2. The van der Waals surface area contributed by atoms with Crippen LogP contribution < -0.4 is 4.74 Å². The molecule has 2 aromatic carbocycles. The van der Waals surface area contributed by atoms with Crippen LogP contribution in [0.4, 0.5) is 4.39 Å². The molecule has 2 aromatic rings. The molecule has 0 saturated heterocycles. The molecule has 4 nitrogen and oxygen atoms in total. The summed E-state index contributed by atoms with van der Waals surface area (Å²) in [5.41, 5.74) is 0.776. The van der Waals surface area contributed by atoms with Gasteiger partial charge in [0.25, 0.3) is 0 Å². The van der Waals surface area contributed by atoms with Crippen molar-refractivity contribution in [2.24, 2.45) is 0 Å². The molecule has 0 amide bonds. The topological polar surface area (TPSA) is 60.4 Å². The SMILES string of the molecule is COc1ccccc1/C=C/C(=O)c1ccc(S(C)(=O)=O)c(F)c1. The largest absolute Gasteiger partial charge is 0.496 e. The minimum Gasteiger partial charge on any atom is -0.496 e. The highest BCUT2D eigenvalue weighted by Gasteiger charge is 2.15. The summed E-state index contributed by atoms with van der Waals surface area (Å²) in [5, 5.41) is 0. The Kier molecular flexibility index (Phi) is 4.95. The number of carbonyl (C=O) groups excluding carboxylic acids is 1. The second-order valence-electron chi connectivity index (χ2n) is 4.86. The Bertz CT molecular complexity index is 870. The smallest absolute Gasteiger partial charge is 0.185 e. The van der Waals surface area contributed by atoms with Crippen LogP contribution in [0.2, 0.25) is 0 Å². The lowest BCUT2D eigenvalue weighted by atomic mass is 10.1. The number of rotatable bonds is 5. The molecule has 0 aromatic heterocycles. The predicted octanol–water partition coefficient (Wildman–Crippen LogP) is 3.13. The molecule has 0 fully saturated rings. The average Bonchev–Trinajstić information content (AvgIpc) is 2.51. The van der Waals surface area contributed by atoms with Crippen molar-refractivity contribution in [1.29, 1.82) is 0 Å². The molecule has 6 heteroatoms. The predicted molar refractivity (Wildman–Crippen MR) is 85.9 cm³/mol. The van der Waals surface area contributed by atoms with Gasteiger partial charge in [0.05, 0.1) is 7.11 Å². The van der Waals surface area contributed by atoms with E-state index in [1.165, 1.54) is 19.3 Å². The van der Waals surface area contributed by atoms with Crippen molar-refractivity contribution in [3.8, 4) is 5.75 Å². The second kappa shape index (κ2) is 6.75. The first kappa shape index (κ1) is 16.9. The van der Waals surface area contributed by atoms with Gasteiger partial charge in [-0.05, 0) is 36.4 Å². The molecule has 23 heavy (non-hydrogen) atoms. The van der Waals surface area contributed by atoms with Crippen LogP contribution in [-0.4, -0.2) is 27.6 Å². The fraction of sp³-hybridized carbons (Fsp3) is 0.118.